The number of thioether (sulfide) groups is 1. The van der Waals surface area contributed by atoms with E-state index in [0.29, 0.717) is 17.1 Å². The summed E-state index contributed by atoms with van der Waals surface area (Å²) in [6, 6.07) is 22.1. The van der Waals surface area contributed by atoms with Crippen LogP contribution in [0.5, 0.6) is 0 Å². The first kappa shape index (κ1) is 25.1. The molecule has 1 saturated heterocycles. The Morgan fingerprint density at radius 3 is 2.32 bits per heavy atom. The fourth-order valence-corrected chi connectivity index (χ4v) is 6.51. The summed E-state index contributed by atoms with van der Waals surface area (Å²) in [4.78, 5) is 15.4. The van der Waals surface area contributed by atoms with E-state index in [1.807, 2.05) is 42.5 Å². The zero-order chi connectivity index (χ0) is 25.8. The minimum Gasteiger partial charge on any atom is -0.336 e. The number of hydrogen-bond donors (Lipinski definition) is 0. The molecule has 4 aromatic rings. The van der Waals surface area contributed by atoms with Gasteiger partial charge in [-0.3, -0.25) is 4.79 Å². The second-order valence-electron chi connectivity index (χ2n) is 8.25. The summed E-state index contributed by atoms with van der Waals surface area (Å²) in [5.41, 5.74) is 1.37. The largest absolute Gasteiger partial charge is 0.336 e. The predicted molar refractivity (Wildman–Crippen MR) is 136 cm³/mol. The minimum atomic E-state index is -3.98. The maximum absolute atomic E-state index is 14.1. The summed E-state index contributed by atoms with van der Waals surface area (Å²) in [7, 11) is -3.98. The first-order chi connectivity index (χ1) is 17.9. The Morgan fingerprint density at radius 2 is 1.57 bits per heavy atom. The molecule has 1 aliphatic rings. The molecule has 0 bridgehead atoms. The van der Waals surface area contributed by atoms with E-state index in [0.717, 1.165) is 16.6 Å². The topological polar surface area (TPSA) is 101 Å². The van der Waals surface area contributed by atoms with Gasteiger partial charge in [0.25, 0.3) is 5.91 Å². The molecule has 37 heavy (non-hydrogen) atoms. The van der Waals surface area contributed by atoms with Crippen LogP contribution in [0.4, 0.5) is 4.39 Å². The molecule has 0 spiro atoms. The molecule has 0 N–H and O–H groups in total. The summed E-state index contributed by atoms with van der Waals surface area (Å²) in [5.74, 6) is 0.116. The lowest BCUT2D eigenvalue weighted by Gasteiger charge is -2.34. The van der Waals surface area contributed by atoms with Crippen LogP contribution in [-0.4, -0.2) is 69.9 Å². The van der Waals surface area contributed by atoms with Gasteiger partial charge in [0.15, 0.2) is 5.82 Å². The van der Waals surface area contributed by atoms with Crippen molar-refractivity contribution in [2.45, 2.75) is 15.5 Å². The van der Waals surface area contributed by atoms with Crippen LogP contribution in [0.3, 0.4) is 0 Å². The van der Waals surface area contributed by atoms with Crippen molar-refractivity contribution in [1.29, 1.82) is 0 Å². The fourth-order valence-electron chi connectivity index (χ4n) is 4.07. The maximum atomic E-state index is 14.1. The highest BCUT2D eigenvalue weighted by Gasteiger charge is 2.32. The summed E-state index contributed by atoms with van der Waals surface area (Å²) in [6.45, 7) is 0.586. The van der Waals surface area contributed by atoms with Crippen LogP contribution >= 0.6 is 11.8 Å². The third-order valence-corrected chi connectivity index (χ3v) is 8.99. The van der Waals surface area contributed by atoms with Gasteiger partial charge in [-0.15, -0.1) is 16.9 Å². The number of nitrogens with zero attached hydrogens (tertiary/aromatic N) is 6. The standard InChI is InChI=1S/C25H23FN6O3S2/c26-21-11-5-7-13-23(21)37(34,35)31-16-14-30(15-17-31)25(33)20-10-4-6-12-22(20)36-18-24-27-28-29-32(24)19-8-2-1-3-9-19/h1-13H,14-18H2. The highest BCUT2D eigenvalue weighted by molar-refractivity contribution is 7.98. The van der Waals surface area contributed by atoms with Crippen LogP contribution in [0, 0.1) is 5.82 Å². The quantitative estimate of drug-likeness (QED) is 0.333. The Morgan fingerprint density at radius 1 is 0.892 bits per heavy atom. The summed E-state index contributed by atoms with van der Waals surface area (Å²) in [5, 5.41) is 12.0. The second kappa shape index (κ2) is 10.8. The fraction of sp³-hybridized carbons (Fsp3) is 0.200. The summed E-state index contributed by atoms with van der Waals surface area (Å²) >= 11 is 1.45. The Kier molecular flexibility index (Phi) is 7.31. The van der Waals surface area contributed by atoms with E-state index in [1.165, 1.54) is 34.3 Å². The lowest BCUT2D eigenvalue weighted by Crippen LogP contribution is -2.50. The van der Waals surface area contributed by atoms with E-state index in [2.05, 4.69) is 15.5 Å². The van der Waals surface area contributed by atoms with Crippen molar-refractivity contribution in [3.8, 4) is 5.69 Å². The van der Waals surface area contributed by atoms with Gasteiger partial charge in [0.05, 0.1) is 17.0 Å². The van der Waals surface area contributed by atoms with E-state index in [4.69, 9.17) is 0 Å². The van der Waals surface area contributed by atoms with Crippen LogP contribution in [-0.2, 0) is 15.8 Å². The number of rotatable bonds is 7. The molecule has 1 fully saturated rings. The molecular weight excluding hydrogens is 515 g/mol. The number of carbonyl (C=O) groups is 1. The summed E-state index contributed by atoms with van der Waals surface area (Å²) < 4.78 is 42.8. The summed E-state index contributed by atoms with van der Waals surface area (Å²) in [6.07, 6.45) is 0. The molecule has 0 atom stereocenters. The number of aromatic nitrogens is 4. The molecule has 12 heteroatoms. The molecule has 2 heterocycles. The maximum Gasteiger partial charge on any atom is 0.255 e. The number of amides is 1. The van der Waals surface area contributed by atoms with Crippen molar-refractivity contribution in [1.82, 2.24) is 29.4 Å². The number of carbonyl (C=O) groups excluding carboxylic acids is 1. The molecule has 190 valence electrons. The van der Waals surface area contributed by atoms with Gasteiger partial charge < -0.3 is 4.90 Å². The van der Waals surface area contributed by atoms with Crippen LogP contribution in [0.25, 0.3) is 5.69 Å². The number of halogens is 1. The van der Waals surface area contributed by atoms with Crippen LogP contribution in [0.15, 0.2) is 88.7 Å². The van der Waals surface area contributed by atoms with Crippen LogP contribution in [0.2, 0.25) is 0 Å². The van der Waals surface area contributed by atoms with Gasteiger partial charge >= 0.3 is 0 Å². The van der Waals surface area contributed by atoms with E-state index >= 15 is 0 Å². The second-order valence-corrected chi connectivity index (χ2v) is 11.2. The normalized spacial score (nSPS) is 14.6. The molecule has 1 aromatic heterocycles. The third-order valence-electron chi connectivity index (χ3n) is 5.99. The first-order valence-corrected chi connectivity index (χ1v) is 14.0. The van der Waals surface area contributed by atoms with Crippen molar-refractivity contribution in [2.75, 3.05) is 26.2 Å². The average molecular weight is 539 g/mol. The number of piperazine rings is 1. The van der Waals surface area contributed by atoms with Crippen molar-refractivity contribution in [3.05, 3.63) is 96.1 Å². The van der Waals surface area contributed by atoms with Crippen LogP contribution in [0.1, 0.15) is 16.2 Å². The average Bonchev–Trinajstić information content (AvgIpc) is 3.41. The molecule has 9 nitrogen and oxygen atoms in total. The Hall–Kier alpha value is -3.61. The van der Waals surface area contributed by atoms with Crippen LogP contribution < -0.4 is 0 Å². The highest BCUT2D eigenvalue weighted by Crippen LogP contribution is 2.28. The molecular formula is C25H23FN6O3S2. The zero-order valence-corrected chi connectivity index (χ0v) is 21.3. The Balaban J connectivity index is 1.27. The van der Waals surface area contributed by atoms with E-state index in [-0.39, 0.29) is 37.0 Å². The number of tetrazole rings is 1. The van der Waals surface area contributed by atoms with Crippen molar-refractivity contribution in [3.63, 3.8) is 0 Å². The SMILES string of the molecule is O=C(c1ccccc1SCc1nnnn1-c1ccccc1)N1CCN(S(=O)(=O)c2ccccc2F)CC1. The van der Waals surface area contributed by atoms with Crippen molar-refractivity contribution in [2.24, 2.45) is 0 Å². The minimum absolute atomic E-state index is 0.0869. The first-order valence-electron chi connectivity index (χ1n) is 11.5. The van der Waals surface area contributed by atoms with Gasteiger partial charge in [-0.2, -0.15) is 8.99 Å². The van der Waals surface area contributed by atoms with Crippen molar-refractivity contribution < 1.29 is 17.6 Å². The lowest BCUT2D eigenvalue weighted by atomic mass is 10.2. The molecule has 0 saturated carbocycles. The van der Waals surface area contributed by atoms with Gasteiger partial charge in [0.2, 0.25) is 10.0 Å². The van der Waals surface area contributed by atoms with E-state index in [9.17, 15) is 17.6 Å². The molecule has 0 unspecified atom stereocenters. The molecule has 5 rings (SSSR count). The van der Waals surface area contributed by atoms with Gasteiger partial charge in [-0.1, -0.05) is 42.5 Å². The number of sulfonamides is 1. The lowest BCUT2D eigenvalue weighted by molar-refractivity contribution is 0.0694. The van der Waals surface area contributed by atoms with Crippen molar-refractivity contribution >= 4 is 27.7 Å². The third kappa shape index (κ3) is 5.26. The molecule has 1 amide bonds. The molecule has 1 aliphatic heterocycles. The van der Waals surface area contributed by atoms with Gasteiger partial charge in [0.1, 0.15) is 10.7 Å². The predicted octanol–water partition coefficient (Wildman–Crippen LogP) is 3.24. The zero-order valence-electron chi connectivity index (χ0n) is 19.6. The monoisotopic (exact) mass is 538 g/mol. The van der Waals surface area contributed by atoms with Gasteiger partial charge in [-0.25, -0.2) is 12.8 Å². The number of benzene rings is 3. The van der Waals surface area contributed by atoms with E-state index < -0.39 is 15.8 Å². The molecule has 3 aromatic carbocycles. The smallest absolute Gasteiger partial charge is 0.255 e. The number of hydrogen-bond acceptors (Lipinski definition) is 7. The van der Waals surface area contributed by atoms with Gasteiger partial charge in [-0.05, 0) is 46.8 Å². The van der Waals surface area contributed by atoms with E-state index in [1.54, 1.807) is 21.7 Å². The van der Waals surface area contributed by atoms with Gasteiger partial charge in [0, 0.05) is 31.1 Å². The Labute approximate surface area is 218 Å². The molecule has 0 radical (unpaired) electrons. The number of para-hydroxylation sites is 1. The Bertz CT molecular complexity index is 1510. The molecule has 0 aliphatic carbocycles. The highest BCUT2D eigenvalue weighted by atomic mass is 32.2.